The third-order valence-electron chi connectivity index (χ3n) is 4.51. The highest BCUT2D eigenvalue weighted by Crippen LogP contribution is 2.35. The normalized spacial score (nSPS) is 11.7. The minimum atomic E-state index is -1.16. The highest BCUT2D eigenvalue weighted by Gasteiger charge is 2.29. The highest BCUT2D eigenvalue weighted by atomic mass is 16.6. The molecule has 0 bridgehead atoms. The summed E-state index contributed by atoms with van der Waals surface area (Å²) in [7, 11) is 1.35. The van der Waals surface area contributed by atoms with E-state index in [9.17, 15) is 19.7 Å². The number of rotatable bonds is 8. The van der Waals surface area contributed by atoms with E-state index in [0.717, 1.165) is 11.6 Å². The van der Waals surface area contributed by atoms with E-state index in [-0.39, 0.29) is 23.7 Å². The first-order chi connectivity index (χ1) is 14.4. The standard InChI is InChI=1S/C21H20N2O7/c1-4-29-19-10-17(23(26)27)14(9-18(19)28-3)21(25)30-12(2)20(24)15-11-22-16-8-6-5-7-13(15)16/h5-12,22H,4H2,1-3H3. The Morgan fingerprint density at radius 3 is 2.57 bits per heavy atom. The van der Waals surface area contributed by atoms with Crippen molar-refractivity contribution >= 4 is 28.3 Å². The maximum Gasteiger partial charge on any atom is 0.346 e. The number of carbonyl (C=O) groups is 2. The number of H-pyrrole nitrogens is 1. The fraction of sp³-hybridized carbons (Fsp3) is 0.238. The first-order valence-corrected chi connectivity index (χ1v) is 9.17. The maximum absolute atomic E-state index is 12.8. The Morgan fingerprint density at radius 1 is 1.17 bits per heavy atom. The number of benzene rings is 2. The number of aromatic nitrogens is 1. The number of nitrogens with zero attached hydrogens (tertiary/aromatic N) is 1. The van der Waals surface area contributed by atoms with E-state index >= 15 is 0 Å². The molecule has 1 heterocycles. The topological polar surface area (TPSA) is 121 Å². The Kier molecular flexibility index (Phi) is 6.01. The van der Waals surface area contributed by atoms with Crippen molar-refractivity contribution in [3.8, 4) is 11.5 Å². The molecule has 0 saturated carbocycles. The molecule has 0 spiro atoms. The molecule has 0 radical (unpaired) electrons. The van der Waals surface area contributed by atoms with Gasteiger partial charge in [0.05, 0.1) is 24.7 Å². The second-order valence-corrected chi connectivity index (χ2v) is 6.37. The van der Waals surface area contributed by atoms with Gasteiger partial charge in [-0.05, 0) is 19.9 Å². The molecule has 0 aliphatic heterocycles. The van der Waals surface area contributed by atoms with E-state index in [1.165, 1.54) is 20.1 Å². The summed E-state index contributed by atoms with van der Waals surface area (Å²) in [5, 5.41) is 12.2. The zero-order valence-electron chi connectivity index (χ0n) is 16.6. The molecule has 9 nitrogen and oxygen atoms in total. The molecule has 3 aromatic rings. The van der Waals surface area contributed by atoms with Crippen LogP contribution in [0, 0.1) is 10.1 Å². The molecule has 1 unspecified atom stereocenters. The monoisotopic (exact) mass is 412 g/mol. The van der Waals surface area contributed by atoms with Gasteiger partial charge in [0.2, 0.25) is 5.78 Å². The average Bonchev–Trinajstić information content (AvgIpc) is 3.17. The lowest BCUT2D eigenvalue weighted by molar-refractivity contribution is -0.385. The number of esters is 1. The summed E-state index contributed by atoms with van der Waals surface area (Å²) in [5.41, 5.74) is 0.297. The Morgan fingerprint density at radius 2 is 1.90 bits per heavy atom. The number of Topliss-reactive ketones (excluding diaryl/α,β-unsaturated/α-hetero) is 1. The van der Waals surface area contributed by atoms with Gasteiger partial charge in [-0.25, -0.2) is 4.79 Å². The summed E-state index contributed by atoms with van der Waals surface area (Å²) in [6.07, 6.45) is 0.383. The average molecular weight is 412 g/mol. The number of nitro groups is 1. The van der Waals surface area contributed by atoms with Crippen LogP contribution in [0.5, 0.6) is 11.5 Å². The predicted molar refractivity (Wildman–Crippen MR) is 108 cm³/mol. The first-order valence-electron chi connectivity index (χ1n) is 9.17. The number of carbonyl (C=O) groups excluding carboxylic acids is 2. The Balaban J connectivity index is 1.89. The molecule has 0 saturated heterocycles. The molecule has 0 aliphatic carbocycles. The predicted octanol–water partition coefficient (Wildman–Crippen LogP) is 3.91. The summed E-state index contributed by atoms with van der Waals surface area (Å²) in [6.45, 7) is 3.39. The zero-order valence-corrected chi connectivity index (χ0v) is 16.6. The van der Waals surface area contributed by atoms with Gasteiger partial charge in [0.25, 0.3) is 5.69 Å². The number of nitro benzene ring substituents is 1. The minimum absolute atomic E-state index is 0.131. The molecule has 1 aromatic heterocycles. The van der Waals surface area contributed by atoms with Gasteiger partial charge in [-0.1, -0.05) is 18.2 Å². The molecule has 1 atom stereocenters. The van der Waals surface area contributed by atoms with E-state index in [1.54, 1.807) is 25.3 Å². The van der Waals surface area contributed by atoms with Crippen molar-refractivity contribution in [3.63, 3.8) is 0 Å². The van der Waals surface area contributed by atoms with Crippen LogP contribution in [0.4, 0.5) is 5.69 Å². The van der Waals surface area contributed by atoms with Crippen LogP contribution < -0.4 is 9.47 Å². The van der Waals surface area contributed by atoms with Crippen molar-refractivity contribution in [1.82, 2.24) is 4.98 Å². The number of para-hydroxylation sites is 1. The van der Waals surface area contributed by atoms with Crippen LogP contribution in [0.3, 0.4) is 0 Å². The lowest BCUT2D eigenvalue weighted by Gasteiger charge is -2.14. The number of aromatic amines is 1. The van der Waals surface area contributed by atoms with E-state index in [1.807, 2.05) is 12.1 Å². The summed E-state index contributed by atoms with van der Waals surface area (Å²) in [5.74, 6) is -1.17. The number of hydrogen-bond acceptors (Lipinski definition) is 7. The van der Waals surface area contributed by atoms with Crippen LogP contribution in [0.1, 0.15) is 34.6 Å². The Labute approximate surface area is 171 Å². The summed E-state index contributed by atoms with van der Waals surface area (Å²) in [4.78, 5) is 39.2. The summed E-state index contributed by atoms with van der Waals surface area (Å²) >= 11 is 0. The molecular formula is C21H20N2O7. The number of methoxy groups -OCH3 is 1. The van der Waals surface area contributed by atoms with Crippen LogP contribution in [0.15, 0.2) is 42.6 Å². The van der Waals surface area contributed by atoms with Crippen molar-refractivity contribution < 1.29 is 28.7 Å². The van der Waals surface area contributed by atoms with Crippen molar-refractivity contribution in [1.29, 1.82) is 0 Å². The number of ketones is 1. The fourth-order valence-corrected chi connectivity index (χ4v) is 3.06. The number of fused-ring (bicyclic) bond motifs is 1. The quantitative estimate of drug-likeness (QED) is 0.258. The SMILES string of the molecule is CCOc1cc([N+](=O)[O-])c(C(=O)OC(C)C(=O)c2c[nH]c3ccccc23)cc1OC. The van der Waals surface area contributed by atoms with Crippen molar-refractivity contribution in [2.24, 2.45) is 0 Å². The van der Waals surface area contributed by atoms with E-state index < -0.39 is 28.5 Å². The van der Waals surface area contributed by atoms with Gasteiger partial charge >= 0.3 is 5.97 Å². The first kappa shape index (κ1) is 20.8. The van der Waals surface area contributed by atoms with Gasteiger partial charge < -0.3 is 19.2 Å². The largest absolute Gasteiger partial charge is 0.493 e. The molecule has 0 fully saturated rings. The lowest BCUT2D eigenvalue weighted by atomic mass is 10.1. The van der Waals surface area contributed by atoms with E-state index in [2.05, 4.69) is 4.98 Å². The summed E-state index contributed by atoms with van der Waals surface area (Å²) < 4.78 is 15.7. The molecule has 0 amide bonds. The smallest absolute Gasteiger partial charge is 0.346 e. The lowest BCUT2D eigenvalue weighted by Crippen LogP contribution is -2.24. The van der Waals surface area contributed by atoms with Gasteiger partial charge in [0.15, 0.2) is 17.6 Å². The molecule has 156 valence electrons. The molecule has 9 heteroatoms. The van der Waals surface area contributed by atoms with Crippen LogP contribution in [-0.2, 0) is 4.74 Å². The molecule has 1 N–H and O–H groups in total. The van der Waals surface area contributed by atoms with Crippen molar-refractivity contribution in [2.75, 3.05) is 13.7 Å². The maximum atomic E-state index is 12.8. The Bertz CT molecular complexity index is 1120. The van der Waals surface area contributed by atoms with Crippen molar-refractivity contribution in [3.05, 3.63) is 63.8 Å². The third kappa shape index (κ3) is 3.95. The van der Waals surface area contributed by atoms with Gasteiger partial charge in [-0.3, -0.25) is 14.9 Å². The minimum Gasteiger partial charge on any atom is -0.493 e. The molecule has 30 heavy (non-hydrogen) atoms. The molecule has 3 rings (SSSR count). The fourth-order valence-electron chi connectivity index (χ4n) is 3.06. The second-order valence-electron chi connectivity index (χ2n) is 6.37. The van der Waals surface area contributed by atoms with Crippen molar-refractivity contribution in [2.45, 2.75) is 20.0 Å². The van der Waals surface area contributed by atoms with Crippen LogP contribution in [0.2, 0.25) is 0 Å². The third-order valence-corrected chi connectivity index (χ3v) is 4.51. The number of hydrogen-bond donors (Lipinski definition) is 1. The molecular weight excluding hydrogens is 392 g/mol. The van der Waals surface area contributed by atoms with Gasteiger partial charge in [0.1, 0.15) is 5.56 Å². The van der Waals surface area contributed by atoms with Gasteiger partial charge in [-0.2, -0.15) is 0 Å². The summed E-state index contributed by atoms with van der Waals surface area (Å²) in [6, 6.07) is 9.49. The number of nitrogens with one attached hydrogen (secondary N) is 1. The molecule has 2 aromatic carbocycles. The second kappa shape index (κ2) is 8.64. The van der Waals surface area contributed by atoms with Crippen LogP contribution >= 0.6 is 0 Å². The number of ether oxygens (including phenoxy) is 3. The zero-order chi connectivity index (χ0) is 21.8. The van der Waals surface area contributed by atoms with Crippen LogP contribution in [-0.4, -0.2) is 41.5 Å². The van der Waals surface area contributed by atoms with E-state index in [0.29, 0.717) is 10.9 Å². The Hall–Kier alpha value is -3.88. The molecule has 0 aliphatic rings. The van der Waals surface area contributed by atoms with Gasteiger partial charge in [-0.15, -0.1) is 0 Å². The van der Waals surface area contributed by atoms with E-state index in [4.69, 9.17) is 14.2 Å². The van der Waals surface area contributed by atoms with Crippen LogP contribution in [0.25, 0.3) is 10.9 Å². The highest BCUT2D eigenvalue weighted by molar-refractivity contribution is 6.10. The van der Waals surface area contributed by atoms with Gasteiger partial charge in [0, 0.05) is 28.7 Å².